The predicted molar refractivity (Wildman–Crippen MR) is 194 cm³/mol. The first-order valence-electron chi connectivity index (χ1n) is 17.7. The molecule has 2 aromatic heterocycles. The van der Waals surface area contributed by atoms with E-state index in [2.05, 4.69) is 44.4 Å². The molecule has 5 aromatic rings. The molecule has 3 heterocycles. The number of nitrogens with zero attached hydrogens (tertiary/aromatic N) is 6. The summed E-state index contributed by atoms with van der Waals surface area (Å²) in [6.07, 6.45) is 1.43. The average Bonchev–Trinajstić information content (AvgIpc) is 3.58. The predicted octanol–water partition coefficient (Wildman–Crippen LogP) is 7.28. The zero-order valence-corrected chi connectivity index (χ0v) is 29.2. The first kappa shape index (κ1) is 34.6. The molecular formula is C39H45F2N7O3. The minimum absolute atomic E-state index is 0.334. The highest BCUT2D eigenvalue weighted by atomic mass is 19.3. The summed E-state index contributed by atoms with van der Waals surface area (Å²) in [5.74, 6) is 3.27. The van der Waals surface area contributed by atoms with Gasteiger partial charge in [-0.25, -0.2) is 13.8 Å². The van der Waals surface area contributed by atoms with Crippen molar-refractivity contribution in [3.05, 3.63) is 95.8 Å². The van der Waals surface area contributed by atoms with E-state index in [1.165, 1.54) is 15.7 Å². The van der Waals surface area contributed by atoms with E-state index in [1.807, 2.05) is 30.3 Å². The molecule has 1 saturated carbocycles. The number of hydrogen-bond acceptors (Lipinski definition) is 9. The summed E-state index contributed by atoms with van der Waals surface area (Å²) in [7, 11) is 3.40. The minimum Gasteiger partial charge on any atom is -0.497 e. The lowest BCUT2D eigenvalue weighted by molar-refractivity contribution is 0.122. The van der Waals surface area contributed by atoms with Crippen molar-refractivity contribution in [1.82, 2.24) is 24.4 Å². The van der Waals surface area contributed by atoms with E-state index in [4.69, 9.17) is 24.2 Å². The highest BCUT2D eigenvalue weighted by Gasteiger charge is 2.28. The number of nitrogens with one attached hydrogen (secondary N) is 1. The molecule has 7 rings (SSSR count). The Morgan fingerprint density at radius 1 is 0.804 bits per heavy atom. The molecule has 0 unspecified atom stereocenters. The van der Waals surface area contributed by atoms with Crippen LogP contribution in [0.1, 0.15) is 49.1 Å². The van der Waals surface area contributed by atoms with Gasteiger partial charge in [0.1, 0.15) is 23.1 Å². The van der Waals surface area contributed by atoms with Crippen molar-refractivity contribution in [3.63, 3.8) is 0 Å². The lowest BCUT2D eigenvalue weighted by atomic mass is 9.85. The Morgan fingerprint density at radius 2 is 1.45 bits per heavy atom. The molecular weight excluding hydrogens is 652 g/mol. The lowest BCUT2D eigenvalue weighted by Gasteiger charge is -2.37. The largest absolute Gasteiger partial charge is 0.497 e. The van der Waals surface area contributed by atoms with Crippen LogP contribution in [0.25, 0.3) is 16.9 Å². The van der Waals surface area contributed by atoms with Crippen LogP contribution in [0.4, 0.5) is 20.5 Å². The Bertz CT molecular complexity index is 1860. The molecule has 2 aliphatic rings. The molecule has 0 amide bonds. The Kier molecular flexibility index (Phi) is 10.9. The van der Waals surface area contributed by atoms with Gasteiger partial charge < -0.3 is 24.4 Å². The molecule has 1 N–H and O–H groups in total. The van der Waals surface area contributed by atoms with Crippen LogP contribution in [0.2, 0.25) is 0 Å². The third kappa shape index (κ3) is 8.23. The zero-order chi connectivity index (χ0) is 35.2. The normalized spacial score (nSPS) is 18.0. The fourth-order valence-electron chi connectivity index (χ4n) is 7.28. The van der Waals surface area contributed by atoms with Gasteiger partial charge in [-0.3, -0.25) is 9.47 Å². The molecule has 268 valence electrons. The molecule has 12 heteroatoms. The zero-order valence-electron chi connectivity index (χ0n) is 29.2. The number of methoxy groups -OCH3 is 2. The van der Waals surface area contributed by atoms with Crippen molar-refractivity contribution < 1.29 is 23.0 Å². The van der Waals surface area contributed by atoms with E-state index in [0.29, 0.717) is 73.4 Å². The molecule has 1 aliphatic heterocycles. The van der Waals surface area contributed by atoms with E-state index < -0.39 is 6.43 Å². The van der Waals surface area contributed by atoms with E-state index in [-0.39, 0.29) is 5.82 Å². The summed E-state index contributed by atoms with van der Waals surface area (Å²) in [5, 5.41) is 3.50. The maximum Gasteiger partial charge on any atom is 0.296 e. The molecule has 0 bridgehead atoms. The Hall–Kier alpha value is -4.81. The van der Waals surface area contributed by atoms with Crippen LogP contribution in [0, 0.1) is 5.92 Å². The maximum absolute atomic E-state index is 14.3. The van der Waals surface area contributed by atoms with Gasteiger partial charge in [-0.1, -0.05) is 36.4 Å². The minimum atomic E-state index is -2.77. The Balaban J connectivity index is 1.08. The fraction of sp³-hybridized carbons (Fsp3) is 0.410. The molecule has 0 radical (unpaired) electrons. The topological polar surface area (TPSA) is 89.8 Å². The summed E-state index contributed by atoms with van der Waals surface area (Å²) < 4.78 is 46.7. The van der Waals surface area contributed by atoms with Gasteiger partial charge >= 0.3 is 0 Å². The van der Waals surface area contributed by atoms with E-state index >= 15 is 0 Å². The number of hydrogen-bond donors (Lipinski definition) is 1. The van der Waals surface area contributed by atoms with Crippen LogP contribution >= 0.6 is 0 Å². The molecule has 1 saturated heterocycles. The highest BCUT2D eigenvalue weighted by molar-refractivity contribution is 5.78. The van der Waals surface area contributed by atoms with Crippen LogP contribution in [-0.2, 0) is 17.8 Å². The van der Waals surface area contributed by atoms with Crippen LogP contribution < -0.4 is 19.7 Å². The molecule has 2 fully saturated rings. The lowest BCUT2D eigenvalue weighted by Crippen LogP contribution is -2.38. The van der Waals surface area contributed by atoms with Gasteiger partial charge in [0, 0.05) is 44.8 Å². The third-order valence-electron chi connectivity index (χ3n) is 9.97. The number of alkyl halides is 2. The van der Waals surface area contributed by atoms with Gasteiger partial charge in [0.2, 0.25) is 5.95 Å². The van der Waals surface area contributed by atoms with Crippen molar-refractivity contribution in [2.45, 2.75) is 51.2 Å². The number of benzene rings is 3. The van der Waals surface area contributed by atoms with Crippen molar-refractivity contribution in [2.24, 2.45) is 5.92 Å². The van der Waals surface area contributed by atoms with Crippen molar-refractivity contribution in [2.75, 3.05) is 57.3 Å². The summed E-state index contributed by atoms with van der Waals surface area (Å²) >= 11 is 0. The quantitative estimate of drug-likeness (QED) is 0.136. The van der Waals surface area contributed by atoms with Crippen molar-refractivity contribution in [3.8, 4) is 17.3 Å². The second kappa shape index (κ2) is 16.0. The number of halogens is 2. The molecule has 0 atom stereocenters. The van der Waals surface area contributed by atoms with Crippen LogP contribution in [0.5, 0.6) is 11.5 Å². The highest BCUT2D eigenvalue weighted by Crippen LogP contribution is 2.32. The van der Waals surface area contributed by atoms with Crippen LogP contribution in [-0.4, -0.2) is 77.5 Å². The Labute approximate surface area is 297 Å². The van der Waals surface area contributed by atoms with Crippen molar-refractivity contribution >= 4 is 22.8 Å². The fourth-order valence-corrected chi connectivity index (χ4v) is 7.28. The molecule has 1 aliphatic carbocycles. The van der Waals surface area contributed by atoms with E-state index in [1.54, 1.807) is 38.5 Å². The standard InChI is InChI=1S/C39H45F2N7O3/c1-49-31-9-5-7-28(21-31)25-47(26-29-8-6-10-32(22-29)50-2)30-15-13-27(14-16-30)24-42-39-44-35(46-17-19-51-20-18-46)23-36(45-39)48-34-12-4-3-11-33(34)43-38(48)37(40)41/h3-12,21-23,27,30,37H,13-20,24-26H2,1-2H3,(H,42,44,45). The first-order chi connectivity index (χ1) is 25.0. The van der Waals surface area contributed by atoms with Gasteiger partial charge in [0.15, 0.2) is 5.82 Å². The molecule has 3 aromatic carbocycles. The van der Waals surface area contributed by atoms with Gasteiger partial charge in [-0.05, 0) is 79.1 Å². The number of rotatable bonds is 13. The average molecular weight is 698 g/mol. The van der Waals surface area contributed by atoms with Crippen LogP contribution in [0.3, 0.4) is 0 Å². The number of fused-ring (bicyclic) bond motifs is 1. The second-order valence-electron chi connectivity index (χ2n) is 13.3. The van der Waals surface area contributed by atoms with Crippen molar-refractivity contribution in [1.29, 1.82) is 0 Å². The molecule has 10 nitrogen and oxygen atoms in total. The molecule has 0 spiro atoms. The van der Waals surface area contributed by atoms with Gasteiger partial charge in [-0.15, -0.1) is 0 Å². The van der Waals surface area contributed by atoms with Crippen LogP contribution in [0.15, 0.2) is 78.9 Å². The van der Waals surface area contributed by atoms with E-state index in [0.717, 1.165) is 50.3 Å². The van der Waals surface area contributed by atoms with Gasteiger partial charge in [-0.2, -0.15) is 9.97 Å². The number of anilines is 2. The number of aromatic nitrogens is 4. The summed E-state index contributed by atoms with van der Waals surface area (Å²) in [6, 6.07) is 25.9. The molecule has 51 heavy (non-hydrogen) atoms. The number of ether oxygens (including phenoxy) is 3. The number of para-hydroxylation sites is 2. The SMILES string of the molecule is COc1cccc(CN(Cc2cccc(OC)c2)C2CCC(CNc3nc(N4CCOCC4)cc(-n4c(C(F)F)nc5ccccc54)n3)CC2)c1. The summed E-state index contributed by atoms with van der Waals surface area (Å²) in [5.41, 5.74) is 3.51. The third-order valence-corrected chi connectivity index (χ3v) is 9.97. The number of imidazole rings is 1. The van der Waals surface area contributed by atoms with E-state index in [9.17, 15) is 8.78 Å². The van der Waals surface area contributed by atoms with Gasteiger partial charge in [0.05, 0.1) is 38.5 Å². The van der Waals surface area contributed by atoms with Gasteiger partial charge in [0.25, 0.3) is 6.43 Å². The monoisotopic (exact) mass is 697 g/mol. The Morgan fingerprint density at radius 3 is 2.10 bits per heavy atom. The maximum atomic E-state index is 14.3. The second-order valence-corrected chi connectivity index (χ2v) is 13.3. The first-order valence-corrected chi connectivity index (χ1v) is 17.7. The number of morpholine rings is 1. The smallest absolute Gasteiger partial charge is 0.296 e. The summed E-state index contributed by atoms with van der Waals surface area (Å²) in [6.45, 7) is 4.80. The summed E-state index contributed by atoms with van der Waals surface area (Å²) in [4.78, 5) is 18.6.